The molecule has 0 spiro atoms. The van der Waals surface area contributed by atoms with Gasteiger partial charge in [-0.05, 0) is 25.7 Å². The lowest BCUT2D eigenvalue weighted by Gasteiger charge is -2.27. The predicted molar refractivity (Wildman–Crippen MR) is 87.3 cm³/mol. The molecular formula is C17H27N3O4. The molecule has 0 bridgehead atoms. The maximum Gasteiger partial charge on any atom is 0.303 e. The summed E-state index contributed by atoms with van der Waals surface area (Å²) in [5.41, 5.74) is 0. The summed E-state index contributed by atoms with van der Waals surface area (Å²) in [6, 6.07) is -0.0684. The molecule has 1 aromatic rings. The normalized spacial score (nSPS) is 16.7. The molecular weight excluding hydrogens is 310 g/mol. The molecule has 7 nitrogen and oxygen atoms in total. The van der Waals surface area contributed by atoms with E-state index in [0.29, 0.717) is 30.5 Å². The summed E-state index contributed by atoms with van der Waals surface area (Å²) in [4.78, 5) is 27.1. The van der Waals surface area contributed by atoms with Crippen molar-refractivity contribution in [3.05, 3.63) is 11.7 Å². The predicted octanol–water partition coefficient (Wildman–Crippen LogP) is 2.63. The van der Waals surface area contributed by atoms with Crippen LogP contribution >= 0.6 is 0 Å². The Bertz CT molecular complexity index is 538. The number of nitrogens with one attached hydrogen (secondary N) is 1. The van der Waals surface area contributed by atoms with E-state index in [4.69, 9.17) is 9.63 Å². The third-order valence-electron chi connectivity index (χ3n) is 4.55. The molecule has 7 heteroatoms. The van der Waals surface area contributed by atoms with Gasteiger partial charge in [0.1, 0.15) is 0 Å². The fourth-order valence-electron chi connectivity index (χ4n) is 3.33. The Kier molecular flexibility index (Phi) is 7.21. The van der Waals surface area contributed by atoms with Crippen molar-refractivity contribution >= 4 is 11.9 Å². The SMILES string of the molecule is Cc1noc(CCC(=O)NC(CCC(=O)O)CC2CCCCC2)n1. The number of amides is 1. The van der Waals surface area contributed by atoms with Crippen LogP contribution in [0, 0.1) is 12.8 Å². The lowest BCUT2D eigenvalue weighted by atomic mass is 9.84. The first-order valence-corrected chi connectivity index (χ1v) is 8.83. The van der Waals surface area contributed by atoms with Gasteiger partial charge in [-0.2, -0.15) is 4.98 Å². The van der Waals surface area contributed by atoms with Crippen LogP contribution in [0.5, 0.6) is 0 Å². The average Bonchev–Trinajstić information content (AvgIpc) is 2.97. The van der Waals surface area contributed by atoms with Gasteiger partial charge in [0, 0.05) is 25.3 Å². The Morgan fingerprint density at radius 3 is 2.67 bits per heavy atom. The minimum Gasteiger partial charge on any atom is -0.481 e. The van der Waals surface area contributed by atoms with Gasteiger partial charge in [0.05, 0.1) is 0 Å². The molecule has 1 fully saturated rings. The molecule has 1 atom stereocenters. The van der Waals surface area contributed by atoms with Crippen LogP contribution in [0.2, 0.25) is 0 Å². The number of hydrogen-bond donors (Lipinski definition) is 2. The highest BCUT2D eigenvalue weighted by Crippen LogP contribution is 2.28. The van der Waals surface area contributed by atoms with E-state index < -0.39 is 5.97 Å². The smallest absolute Gasteiger partial charge is 0.303 e. The number of hydrogen-bond acceptors (Lipinski definition) is 5. The van der Waals surface area contributed by atoms with Crippen molar-refractivity contribution in [3.8, 4) is 0 Å². The van der Waals surface area contributed by atoms with Crippen LogP contribution < -0.4 is 5.32 Å². The van der Waals surface area contributed by atoms with E-state index in [-0.39, 0.29) is 24.8 Å². The molecule has 1 aliphatic rings. The highest BCUT2D eigenvalue weighted by Gasteiger charge is 2.21. The highest BCUT2D eigenvalue weighted by molar-refractivity contribution is 5.76. The van der Waals surface area contributed by atoms with Crippen LogP contribution in [0.15, 0.2) is 4.52 Å². The summed E-state index contributed by atoms with van der Waals surface area (Å²) in [7, 11) is 0. The third kappa shape index (κ3) is 6.68. The lowest BCUT2D eigenvalue weighted by Crippen LogP contribution is -2.37. The number of rotatable bonds is 9. The molecule has 2 N–H and O–H groups in total. The largest absolute Gasteiger partial charge is 0.481 e. The molecule has 0 aromatic carbocycles. The molecule has 134 valence electrons. The molecule has 0 saturated heterocycles. The number of carboxylic acid groups (broad SMARTS) is 1. The summed E-state index contributed by atoms with van der Waals surface area (Å²) in [6.07, 6.45) is 8.24. The molecule has 1 amide bonds. The van der Waals surface area contributed by atoms with Crippen LogP contribution in [-0.2, 0) is 16.0 Å². The van der Waals surface area contributed by atoms with Gasteiger partial charge in [-0.1, -0.05) is 37.3 Å². The van der Waals surface area contributed by atoms with Crippen molar-refractivity contribution < 1.29 is 19.2 Å². The van der Waals surface area contributed by atoms with Crippen LogP contribution in [0.3, 0.4) is 0 Å². The van der Waals surface area contributed by atoms with Gasteiger partial charge >= 0.3 is 5.97 Å². The van der Waals surface area contributed by atoms with Crippen LogP contribution in [0.4, 0.5) is 0 Å². The maximum absolute atomic E-state index is 12.2. The Morgan fingerprint density at radius 1 is 1.29 bits per heavy atom. The first-order valence-electron chi connectivity index (χ1n) is 8.83. The minimum atomic E-state index is -0.820. The molecule has 24 heavy (non-hydrogen) atoms. The second kappa shape index (κ2) is 9.39. The molecule has 1 saturated carbocycles. The fourth-order valence-corrected chi connectivity index (χ4v) is 3.33. The number of carboxylic acids is 1. The summed E-state index contributed by atoms with van der Waals surface area (Å²) >= 11 is 0. The zero-order chi connectivity index (χ0) is 17.4. The summed E-state index contributed by atoms with van der Waals surface area (Å²) in [5.74, 6) is 0.701. The number of aromatic nitrogens is 2. The average molecular weight is 337 g/mol. The first-order chi connectivity index (χ1) is 11.5. The summed E-state index contributed by atoms with van der Waals surface area (Å²) in [6.45, 7) is 1.74. The molecule has 0 aliphatic heterocycles. The van der Waals surface area contributed by atoms with Gasteiger partial charge in [-0.25, -0.2) is 0 Å². The second-order valence-electron chi connectivity index (χ2n) is 6.67. The highest BCUT2D eigenvalue weighted by atomic mass is 16.5. The van der Waals surface area contributed by atoms with E-state index in [0.717, 1.165) is 6.42 Å². The van der Waals surface area contributed by atoms with Crippen molar-refractivity contribution in [2.24, 2.45) is 5.92 Å². The first kappa shape index (κ1) is 18.4. The van der Waals surface area contributed by atoms with Gasteiger partial charge < -0.3 is 14.9 Å². The lowest BCUT2D eigenvalue weighted by molar-refractivity contribution is -0.137. The van der Waals surface area contributed by atoms with Gasteiger partial charge in [0.15, 0.2) is 5.82 Å². The third-order valence-corrected chi connectivity index (χ3v) is 4.55. The topological polar surface area (TPSA) is 105 Å². The van der Waals surface area contributed by atoms with E-state index in [1.54, 1.807) is 6.92 Å². The molecule has 1 heterocycles. The van der Waals surface area contributed by atoms with Crippen LogP contribution in [0.25, 0.3) is 0 Å². The van der Waals surface area contributed by atoms with Gasteiger partial charge in [0.25, 0.3) is 0 Å². The Morgan fingerprint density at radius 2 is 2.04 bits per heavy atom. The summed E-state index contributed by atoms with van der Waals surface area (Å²) in [5, 5.41) is 15.6. The van der Waals surface area contributed by atoms with Gasteiger partial charge in [0.2, 0.25) is 11.8 Å². The van der Waals surface area contributed by atoms with E-state index >= 15 is 0 Å². The zero-order valence-corrected chi connectivity index (χ0v) is 14.3. The van der Waals surface area contributed by atoms with Gasteiger partial charge in [-0.3, -0.25) is 9.59 Å². The number of aliphatic carboxylic acids is 1. The molecule has 0 radical (unpaired) electrons. The van der Waals surface area contributed by atoms with E-state index in [1.165, 1.54) is 32.1 Å². The Hall–Kier alpha value is -1.92. The van der Waals surface area contributed by atoms with E-state index in [9.17, 15) is 9.59 Å². The van der Waals surface area contributed by atoms with Crippen molar-refractivity contribution in [1.29, 1.82) is 0 Å². The molecule has 2 rings (SSSR count). The van der Waals surface area contributed by atoms with Gasteiger partial charge in [-0.15, -0.1) is 0 Å². The maximum atomic E-state index is 12.2. The number of nitrogens with zero attached hydrogens (tertiary/aromatic N) is 2. The van der Waals surface area contributed by atoms with Crippen molar-refractivity contribution in [2.75, 3.05) is 0 Å². The number of carbonyl (C=O) groups is 2. The quantitative estimate of drug-likeness (QED) is 0.717. The fraction of sp³-hybridized carbons (Fsp3) is 0.765. The number of carbonyl (C=O) groups excluding carboxylic acids is 1. The van der Waals surface area contributed by atoms with Crippen molar-refractivity contribution in [1.82, 2.24) is 15.5 Å². The zero-order valence-electron chi connectivity index (χ0n) is 14.3. The van der Waals surface area contributed by atoms with Crippen LogP contribution in [0.1, 0.15) is 69.5 Å². The Labute approximate surface area is 142 Å². The molecule has 1 aliphatic carbocycles. The second-order valence-corrected chi connectivity index (χ2v) is 6.67. The summed E-state index contributed by atoms with van der Waals surface area (Å²) < 4.78 is 5.00. The van der Waals surface area contributed by atoms with E-state index in [1.807, 2.05) is 0 Å². The minimum absolute atomic E-state index is 0.0684. The number of aryl methyl sites for hydroxylation is 2. The molecule has 1 unspecified atom stereocenters. The monoisotopic (exact) mass is 337 g/mol. The van der Waals surface area contributed by atoms with Crippen molar-refractivity contribution in [2.45, 2.75) is 77.2 Å². The molecule has 1 aromatic heterocycles. The van der Waals surface area contributed by atoms with Crippen LogP contribution in [-0.4, -0.2) is 33.2 Å². The van der Waals surface area contributed by atoms with Crippen molar-refractivity contribution in [3.63, 3.8) is 0 Å². The Balaban J connectivity index is 1.80. The van der Waals surface area contributed by atoms with E-state index in [2.05, 4.69) is 15.5 Å². The standard InChI is InChI=1S/C17H27N3O4/c1-12-18-16(24-20-12)9-8-15(21)19-14(7-10-17(22)23)11-13-5-3-2-4-6-13/h13-14H,2-11H2,1H3,(H,19,21)(H,22,23).